The fourth-order valence-electron chi connectivity index (χ4n) is 2.49. The van der Waals surface area contributed by atoms with Gasteiger partial charge >= 0.3 is 5.97 Å². The van der Waals surface area contributed by atoms with Crippen LogP contribution in [0.1, 0.15) is 43.2 Å². The summed E-state index contributed by atoms with van der Waals surface area (Å²) in [4.78, 5) is 16.7. The smallest absolute Gasteiger partial charge is 0.356 e. The summed E-state index contributed by atoms with van der Waals surface area (Å²) in [5, 5.41) is 0. The van der Waals surface area contributed by atoms with Crippen LogP contribution in [0.5, 0.6) is 0 Å². The minimum Gasteiger partial charge on any atom is -0.461 e. The van der Waals surface area contributed by atoms with Gasteiger partial charge in [-0.1, -0.05) is 12.1 Å². The molecular formula is C17H21FN2O3. The minimum atomic E-state index is -0.494. The van der Waals surface area contributed by atoms with Gasteiger partial charge in [-0.15, -0.1) is 0 Å². The molecule has 23 heavy (non-hydrogen) atoms. The van der Waals surface area contributed by atoms with E-state index in [1.165, 1.54) is 6.07 Å². The van der Waals surface area contributed by atoms with Gasteiger partial charge in [-0.2, -0.15) is 0 Å². The zero-order chi connectivity index (χ0) is 17.0. The number of hydrogen-bond acceptors (Lipinski definition) is 4. The Morgan fingerprint density at radius 2 is 2.00 bits per heavy atom. The summed E-state index contributed by atoms with van der Waals surface area (Å²) < 4.78 is 26.5. The average Bonchev–Trinajstić information content (AvgIpc) is 2.85. The largest absolute Gasteiger partial charge is 0.461 e. The van der Waals surface area contributed by atoms with Crippen LogP contribution < -0.4 is 0 Å². The molecule has 6 heteroatoms. The number of carbonyl (C=O) groups is 1. The van der Waals surface area contributed by atoms with Crippen molar-refractivity contribution in [1.29, 1.82) is 0 Å². The number of nitrogens with zero attached hydrogens (tertiary/aromatic N) is 2. The Kier molecular flexibility index (Phi) is 5.50. The highest BCUT2D eigenvalue weighted by Crippen LogP contribution is 2.29. The number of rotatable bonds is 6. The molecule has 0 aliphatic rings. The van der Waals surface area contributed by atoms with Gasteiger partial charge in [0.05, 0.1) is 17.9 Å². The Hall–Kier alpha value is -2.21. The van der Waals surface area contributed by atoms with E-state index in [1.807, 2.05) is 6.92 Å². The van der Waals surface area contributed by atoms with Gasteiger partial charge in [0.1, 0.15) is 17.9 Å². The quantitative estimate of drug-likeness (QED) is 0.761. The number of hydrogen-bond donors (Lipinski definition) is 0. The SMILES string of the molecule is CCOC(=O)c1c(C)nc(-c2ccccc2F)n1C(C)OCC. The van der Waals surface area contributed by atoms with Crippen molar-refractivity contribution in [3.63, 3.8) is 0 Å². The Labute approximate surface area is 135 Å². The molecule has 1 aromatic carbocycles. The third-order valence-electron chi connectivity index (χ3n) is 3.44. The Bertz CT molecular complexity index is 697. The van der Waals surface area contributed by atoms with Crippen LogP contribution in [-0.4, -0.2) is 28.7 Å². The van der Waals surface area contributed by atoms with E-state index in [9.17, 15) is 9.18 Å². The molecule has 1 aromatic heterocycles. The fraction of sp³-hybridized carbons (Fsp3) is 0.412. The highest BCUT2D eigenvalue weighted by Gasteiger charge is 2.27. The molecular weight excluding hydrogens is 299 g/mol. The topological polar surface area (TPSA) is 53.3 Å². The van der Waals surface area contributed by atoms with E-state index in [4.69, 9.17) is 9.47 Å². The molecule has 0 aliphatic heterocycles. The third kappa shape index (κ3) is 3.42. The summed E-state index contributed by atoms with van der Waals surface area (Å²) in [5.74, 6) is -0.547. The molecule has 1 unspecified atom stereocenters. The lowest BCUT2D eigenvalue weighted by atomic mass is 10.2. The van der Waals surface area contributed by atoms with E-state index >= 15 is 0 Å². The molecule has 0 saturated carbocycles. The van der Waals surface area contributed by atoms with Gasteiger partial charge in [0.2, 0.25) is 0 Å². The van der Waals surface area contributed by atoms with Crippen molar-refractivity contribution >= 4 is 5.97 Å². The van der Waals surface area contributed by atoms with Crippen LogP contribution in [0.4, 0.5) is 4.39 Å². The number of aryl methyl sites for hydroxylation is 1. The molecule has 5 nitrogen and oxygen atoms in total. The summed E-state index contributed by atoms with van der Waals surface area (Å²) in [7, 11) is 0. The summed E-state index contributed by atoms with van der Waals surface area (Å²) in [5.41, 5.74) is 1.08. The number of ether oxygens (including phenoxy) is 2. The molecule has 0 fully saturated rings. The molecule has 1 atom stereocenters. The van der Waals surface area contributed by atoms with Gasteiger partial charge < -0.3 is 9.47 Å². The number of carbonyl (C=O) groups excluding carboxylic acids is 1. The predicted octanol–water partition coefficient (Wildman–Crippen LogP) is 3.73. The highest BCUT2D eigenvalue weighted by atomic mass is 19.1. The maximum atomic E-state index is 14.2. The van der Waals surface area contributed by atoms with Crippen molar-refractivity contribution in [2.45, 2.75) is 33.9 Å². The van der Waals surface area contributed by atoms with Crippen LogP contribution in [0, 0.1) is 12.7 Å². The van der Waals surface area contributed by atoms with Crippen molar-refractivity contribution in [2.24, 2.45) is 0 Å². The van der Waals surface area contributed by atoms with Crippen LogP contribution in [0.25, 0.3) is 11.4 Å². The zero-order valence-corrected chi connectivity index (χ0v) is 13.8. The van der Waals surface area contributed by atoms with Gasteiger partial charge in [0, 0.05) is 6.61 Å². The first-order valence-electron chi connectivity index (χ1n) is 7.63. The van der Waals surface area contributed by atoms with Gasteiger partial charge in [-0.25, -0.2) is 14.2 Å². The second-order valence-corrected chi connectivity index (χ2v) is 4.99. The lowest BCUT2D eigenvalue weighted by Crippen LogP contribution is -2.19. The second kappa shape index (κ2) is 7.37. The first-order valence-corrected chi connectivity index (χ1v) is 7.63. The Morgan fingerprint density at radius 1 is 1.30 bits per heavy atom. The highest BCUT2D eigenvalue weighted by molar-refractivity contribution is 5.90. The first-order chi connectivity index (χ1) is 11.0. The Balaban J connectivity index is 2.65. The van der Waals surface area contributed by atoms with Crippen molar-refractivity contribution in [2.75, 3.05) is 13.2 Å². The lowest BCUT2D eigenvalue weighted by Gasteiger charge is -2.19. The molecule has 124 valence electrons. The molecule has 0 bridgehead atoms. The van der Waals surface area contributed by atoms with Crippen LogP contribution >= 0.6 is 0 Å². The van der Waals surface area contributed by atoms with E-state index in [-0.39, 0.29) is 12.3 Å². The van der Waals surface area contributed by atoms with Gasteiger partial charge in [-0.05, 0) is 39.8 Å². The van der Waals surface area contributed by atoms with Gasteiger partial charge in [-0.3, -0.25) is 4.57 Å². The summed E-state index contributed by atoms with van der Waals surface area (Å²) in [6, 6.07) is 6.32. The zero-order valence-electron chi connectivity index (χ0n) is 13.8. The van der Waals surface area contributed by atoms with E-state index in [0.29, 0.717) is 23.7 Å². The number of aromatic nitrogens is 2. The summed E-state index contributed by atoms with van der Waals surface area (Å²) >= 11 is 0. The van der Waals surface area contributed by atoms with Gasteiger partial charge in [0.25, 0.3) is 0 Å². The fourth-order valence-corrected chi connectivity index (χ4v) is 2.49. The number of benzene rings is 1. The molecule has 0 radical (unpaired) electrons. The summed E-state index contributed by atoms with van der Waals surface area (Å²) in [6.45, 7) is 7.78. The molecule has 0 amide bonds. The predicted molar refractivity (Wildman–Crippen MR) is 84.7 cm³/mol. The molecule has 0 N–H and O–H groups in total. The minimum absolute atomic E-state index is 0.251. The standard InChI is InChI=1S/C17H21FN2O3/c1-5-22-12(4)20-15(17(21)23-6-2)11(3)19-16(20)13-9-7-8-10-14(13)18/h7-10,12H,5-6H2,1-4H3. The maximum Gasteiger partial charge on any atom is 0.356 e. The normalized spacial score (nSPS) is 12.2. The van der Waals surface area contributed by atoms with E-state index in [0.717, 1.165) is 0 Å². The number of imidazole rings is 1. The molecule has 2 rings (SSSR count). The molecule has 1 heterocycles. The van der Waals surface area contributed by atoms with Gasteiger partial charge in [0.15, 0.2) is 5.69 Å². The monoisotopic (exact) mass is 320 g/mol. The molecule has 2 aromatic rings. The van der Waals surface area contributed by atoms with Crippen LogP contribution in [0.2, 0.25) is 0 Å². The average molecular weight is 320 g/mol. The summed E-state index contributed by atoms with van der Waals surface area (Å²) in [6.07, 6.45) is -0.477. The first kappa shape index (κ1) is 17.1. The maximum absolute atomic E-state index is 14.2. The third-order valence-corrected chi connectivity index (χ3v) is 3.44. The van der Waals surface area contributed by atoms with Crippen molar-refractivity contribution in [1.82, 2.24) is 9.55 Å². The van der Waals surface area contributed by atoms with Crippen molar-refractivity contribution in [3.8, 4) is 11.4 Å². The molecule has 0 aliphatic carbocycles. The van der Waals surface area contributed by atoms with Crippen LogP contribution in [0.15, 0.2) is 24.3 Å². The van der Waals surface area contributed by atoms with E-state index < -0.39 is 18.0 Å². The van der Waals surface area contributed by atoms with Crippen LogP contribution in [0.3, 0.4) is 0 Å². The van der Waals surface area contributed by atoms with Crippen molar-refractivity contribution in [3.05, 3.63) is 41.5 Å². The Morgan fingerprint density at radius 3 is 2.61 bits per heavy atom. The van der Waals surface area contributed by atoms with Crippen molar-refractivity contribution < 1.29 is 18.7 Å². The van der Waals surface area contributed by atoms with E-state index in [1.54, 1.807) is 43.5 Å². The number of halogens is 1. The molecule has 0 spiro atoms. The number of esters is 1. The lowest BCUT2D eigenvalue weighted by molar-refractivity contribution is 0.0195. The second-order valence-electron chi connectivity index (χ2n) is 4.99. The van der Waals surface area contributed by atoms with Crippen LogP contribution in [-0.2, 0) is 9.47 Å². The van der Waals surface area contributed by atoms with E-state index in [2.05, 4.69) is 4.98 Å². The molecule has 0 saturated heterocycles.